The molecule has 0 N–H and O–H groups in total. The zero-order valence-corrected chi connectivity index (χ0v) is 12.8. The van der Waals surface area contributed by atoms with Crippen molar-refractivity contribution in [3.63, 3.8) is 0 Å². The summed E-state index contributed by atoms with van der Waals surface area (Å²) in [4.78, 5) is 1.95. The standard InChI is InChI=1S/C19H15NOS/c1-3-18(22-19-11-9-16(14-20)10-12-19)13-15(2)21-17-7-5-4-6-8-17/h3-13H,1-2H2/b18-13+. The molecule has 0 amide bonds. The number of para-hydroxylation sites is 1. The van der Waals surface area contributed by atoms with Gasteiger partial charge in [-0.25, -0.2) is 0 Å². The quantitative estimate of drug-likeness (QED) is 0.412. The largest absolute Gasteiger partial charge is 0.458 e. The van der Waals surface area contributed by atoms with Gasteiger partial charge >= 0.3 is 0 Å². The van der Waals surface area contributed by atoms with Crippen molar-refractivity contribution in [1.82, 2.24) is 0 Å². The summed E-state index contributed by atoms with van der Waals surface area (Å²) < 4.78 is 5.65. The van der Waals surface area contributed by atoms with Gasteiger partial charge in [0.25, 0.3) is 0 Å². The first-order valence-corrected chi connectivity index (χ1v) is 7.47. The summed E-state index contributed by atoms with van der Waals surface area (Å²) in [5.41, 5.74) is 0.644. The van der Waals surface area contributed by atoms with Crippen molar-refractivity contribution < 1.29 is 4.74 Å². The van der Waals surface area contributed by atoms with Crippen LogP contribution in [0.1, 0.15) is 5.56 Å². The number of ether oxygens (including phenoxy) is 1. The maximum absolute atomic E-state index is 8.80. The molecule has 0 saturated heterocycles. The Morgan fingerprint density at radius 1 is 1.09 bits per heavy atom. The summed E-state index contributed by atoms with van der Waals surface area (Å²) in [5, 5.41) is 8.80. The predicted molar refractivity (Wildman–Crippen MR) is 91.5 cm³/mol. The van der Waals surface area contributed by atoms with Crippen molar-refractivity contribution in [2.75, 3.05) is 0 Å². The lowest BCUT2D eigenvalue weighted by Crippen LogP contribution is -1.90. The molecule has 0 aromatic heterocycles. The molecule has 0 bridgehead atoms. The average Bonchev–Trinajstić information content (AvgIpc) is 2.55. The van der Waals surface area contributed by atoms with Crippen LogP contribution in [-0.4, -0.2) is 0 Å². The number of nitrogens with zero attached hydrogens (tertiary/aromatic N) is 1. The van der Waals surface area contributed by atoms with Crippen LogP contribution in [0.4, 0.5) is 0 Å². The summed E-state index contributed by atoms with van der Waals surface area (Å²) >= 11 is 1.54. The molecule has 0 atom stereocenters. The van der Waals surface area contributed by atoms with E-state index in [0.717, 1.165) is 15.6 Å². The maximum Gasteiger partial charge on any atom is 0.127 e. The van der Waals surface area contributed by atoms with E-state index >= 15 is 0 Å². The monoisotopic (exact) mass is 305 g/mol. The number of allylic oxidation sites excluding steroid dienone is 2. The van der Waals surface area contributed by atoms with Crippen molar-refractivity contribution in [3.8, 4) is 11.8 Å². The Morgan fingerprint density at radius 2 is 1.77 bits per heavy atom. The van der Waals surface area contributed by atoms with Crippen LogP contribution in [0.25, 0.3) is 0 Å². The van der Waals surface area contributed by atoms with Gasteiger partial charge in [-0.3, -0.25) is 0 Å². The smallest absolute Gasteiger partial charge is 0.127 e. The Bertz CT molecular complexity index is 724. The minimum atomic E-state index is 0.544. The van der Waals surface area contributed by atoms with Gasteiger partial charge in [0, 0.05) is 9.80 Å². The predicted octanol–water partition coefficient (Wildman–Crippen LogP) is 5.31. The first-order valence-electron chi connectivity index (χ1n) is 6.65. The fourth-order valence-electron chi connectivity index (χ4n) is 1.69. The minimum Gasteiger partial charge on any atom is -0.458 e. The lowest BCUT2D eigenvalue weighted by atomic mass is 10.2. The maximum atomic E-state index is 8.80. The van der Waals surface area contributed by atoms with E-state index in [1.165, 1.54) is 11.8 Å². The molecule has 0 saturated carbocycles. The Labute approximate surface area is 135 Å². The van der Waals surface area contributed by atoms with Crippen molar-refractivity contribution in [3.05, 3.63) is 96.1 Å². The number of thioether (sulfide) groups is 1. The van der Waals surface area contributed by atoms with Gasteiger partial charge in [0.05, 0.1) is 11.6 Å². The molecular weight excluding hydrogens is 290 g/mol. The Balaban J connectivity index is 2.05. The first kappa shape index (κ1) is 15.7. The van der Waals surface area contributed by atoms with Crippen LogP contribution in [0, 0.1) is 11.3 Å². The van der Waals surface area contributed by atoms with E-state index in [2.05, 4.69) is 19.2 Å². The van der Waals surface area contributed by atoms with Gasteiger partial charge in [0.1, 0.15) is 11.5 Å². The molecule has 0 unspecified atom stereocenters. The van der Waals surface area contributed by atoms with Crippen molar-refractivity contribution >= 4 is 11.8 Å². The third-order valence-corrected chi connectivity index (χ3v) is 3.74. The van der Waals surface area contributed by atoms with Crippen LogP contribution in [0.15, 0.2) is 95.5 Å². The highest BCUT2D eigenvalue weighted by Gasteiger charge is 2.01. The normalized spacial score (nSPS) is 10.6. The molecular formula is C19H15NOS. The molecule has 2 rings (SSSR count). The lowest BCUT2D eigenvalue weighted by Gasteiger charge is -2.07. The number of hydrogen-bond acceptors (Lipinski definition) is 3. The molecule has 2 aromatic rings. The molecule has 0 radical (unpaired) electrons. The summed E-state index contributed by atoms with van der Waals surface area (Å²) in [5.74, 6) is 1.29. The van der Waals surface area contributed by atoms with Gasteiger partial charge < -0.3 is 4.74 Å². The molecule has 0 heterocycles. The van der Waals surface area contributed by atoms with Crippen LogP contribution < -0.4 is 4.74 Å². The van der Waals surface area contributed by atoms with Gasteiger partial charge in [0.2, 0.25) is 0 Å². The van der Waals surface area contributed by atoms with Crippen molar-refractivity contribution in [2.24, 2.45) is 0 Å². The molecule has 108 valence electrons. The highest BCUT2D eigenvalue weighted by molar-refractivity contribution is 8.03. The van der Waals surface area contributed by atoms with Crippen LogP contribution in [-0.2, 0) is 0 Å². The van der Waals surface area contributed by atoms with Gasteiger partial charge in [-0.1, -0.05) is 49.2 Å². The number of rotatable bonds is 6. The second-order valence-electron chi connectivity index (χ2n) is 4.37. The van der Waals surface area contributed by atoms with E-state index in [4.69, 9.17) is 10.00 Å². The second-order valence-corrected chi connectivity index (χ2v) is 5.52. The zero-order valence-electron chi connectivity index (χ0n) is 12.0. The van der Waals surface area contributed by atoms with Crippen LogP contribution in [0.3, 0.4) is 0 Å². The molecule has 3 heteroatoms. The van der Waals surface area contributed by atoms with Gasteiger partial charge in [-0.05, 0) is 42.5 Å². The van der Waals surface area contributed by atoms with Crippen LogP contribution in [0.2, 0.25) is 0 Å². The van der Waals surface area contributed by atoms with E-state index in [0.29, 0.717) is 11.3 Å². The summed E-state index contributed by atoms with van der Waals surface area (Å²) in [6.45, 7) is 7.72. The summed E-state index contributed by atoms with van der Waals surface area (Å²) in [6, 6.07) is 19.0. The van der Waals surface area contributed by atoms with Crippen LogP contribution in [0.5, 0.6) is 5.75 Å². The zero-order chi connectivity index (χ0) is 15.8. The van der Waals surface area contributed by atoms with E-state index in [9.17, 15) is 0 Å². The molecule has 0 aliphatic carbocycles. The van der Waals surface area contributed by atoms with E-state index in [-0.39, 0.29) is 0 Å². The molecule has 22 heavy (non-hydrogen) atoms. The molecule has 0 aliphatic rings. The van der Waals surface area contributed by atoms with Gasteiger partial charge in [0.15, 0.2) is 0 Å². The molecule has 0 aliphatic heterocycles. The van der Waals surface area contributed by atoms with E-state index in [1.54, 1.807) is 18.2 Å². The van der Waals surface area contributed by atoms with Gasteiger partial charge in [-0.15, -0.1) is 0 Å². The summed E-state index contributed by atoms with van der Waals surface area (Å²) in [7, 11) is 0. The average molecular weight is 305 g/mol. The van der Waals surface area contributed by atoms with Gasteiger partial charge in [-0.2, -0.15) is 5.26 Å². The number of nitriles is 1. The Morgan fingerprint density at radius 3 is 2.36 bits per heavy atom. The second kappa shape index (κ2) is 7.92. The molecule has 0 fully saturated rings. The molecule has 2 aromatic carbocycles. The fourth-order valence-corrected chi connectivity index (χ4v) is 2.51. The SMILES string of the molecule is C=C/C(=C\C(=C)Oc1ccccc1)Sc1ccc(C#N)cc1. The number of hydrogen-bond donors (Lipinski definition) is 0. The van der Waals surface area contributed by atoms with E-state index < -0.39 is 0 Å². The topological polar surface area (TPSA) is 33.0 Å². The third-order valence-electron chi connectivity index (χ3n) is 2.72. The Hall–Kier alpha value is -2.70. The van der Waals surface area contributed by atoms with Crippen LogP contribution >= 0.6 is 11.8 Å². The first-order chi connectivity index (χ1) is 10.7. The highest BCUT2D eigenvalue weighted by Crippen LogP contribution is 2.28. The molecule has 2 nitrogen and oxygen atoms in total. The lowest BCUT2D eigenvalue weighted by molar-refractivity contribution is 0.447. The van der Waals surface area contributed by atoms with E-state index in [1.807, 2.05) is 48.5 Å². The van der Waals surface area contributed by atoms with Crippen molar-refractivity contribution in [2.45, 2.75) is 4.90 Å². The number of benzene rings is 2. The minimum absolute atomic E-state index is 0.544. The summed E-state index contributed by atoms with van der Waals surface area (Å²) in [6.07, 6.45) is 3.59. The van der Waals surface area contributed by atoms with Crippen molar-refractivity contribution in [1.29, 1.82) is 5.26 Å². The fraction of sp³-hybridized carbons (Fsp3) is 0. The third kappa shape index (κ3) is 4.69. The Kier molecular flexibility index (Phi) is 5.65. The molecule has 0 spiro atoms. The highest BCUT2D eigenvalue weighted by atomic mass is 32.2.